The van der Waals surface area contributed by atoms with Crippen LogP contribution in [0.4, 0.5) is 0 Å². The topological polar surface area (TPSA) is 27.8 Å². The van der Waals surface area contributed by atoms with Crippen LogP contribution in [-0.4, -0.2) is 37.5 Å². The van der Waals surface area contributed by atoms with E-state index in [0.29, 0.717) is 30.3 Å². The maximum atomic E-state index is 5.56. The minimum Gasteiger partial charge on any atom is -0.353 e. The van der Waals surface area contributed by atoms with Crippen molar-refractivity contribution in [3.05, 3.63) is 0 Å². The molecule has 0 spiro atoms. The second-order valence-electron chi connectivity index (χ2n) is 4.21. The molecule has 2 aliphatic rings. The normalized spacial score (nSPS) is 46.8. The van der Waals surface area contributed by atoms with E-state index in [0.717, 1.165) is 0 Å². The molecule has 1 N–H and O–H groups in total. The zero-order valence-electron chi connectivity index (χ0n) is 8.24. The van der Waals surface area contributed by atoms with Gasteiger partial charge in [-0.05, 0) is 20.0 Å². The predicted molar refractivity (Wildman–Crippen MR) is 47.6 cm³/mol. The van der Waals surface area contributed by atoms with E-state index in [1.807, 2.05) is 7.05 Å². The first-order chi connectivity index (χ1) is 5.66. The molecule has 2 heterocycles. The fraction of sp³-hybridized carbons (Fsp3) is 1.00. The number of likely N-dealkylation sites (tertiary alicyclic amines) is 1. The SMILES string of the molecule is CNC1C(C(C)C)C2O[C@H]2N1C. The van der Waals surface area contributed by atoms with Crippen molar-refractivity contribution in [2.75, 3.05) is 14.1 Å². The number of hydrogen-bond donors (Lipinski definition) is 1. The Kier molecular flexibility index (Phi) is 1.90. The van der Waals surface area contributed by atoms with Gasteiger partial charge in [-0.2, -0.15) is 0 Å². The Labute approximate surface area is 74.1 Å². The van der Waals surface area contributed by atoms with Crippen LogP contribution < -0.4 is 5.32 Å². The molecule has 2 saturated heterocycles. The third-order valence-electron chi connectivity index (χ3n) is 3.15. The second-order valence-corrected chi connectivity index (χ2v) is 4.21. The first kappa shape index (κ1) is 8.48. The van der Waals surface area contributed by atoms with E-state index in [4.69, 9.17) is 4.74 Å². The number of nitrogens with zero attached hydrogens (tertiary/aromatic N) is 1. The zero-order chi connectivity index (χ0) is 8.88. The van der Waals surface area contributed by atoms with E-state index in [9.17, 15) is 0 Å². The van der Waals surface area contributed by atoms with Crippen LogP contribution in [0, 0.1) is 11.8 Å². The predicted octanol–water partition coefficient (Wildman–Crippen LogP) is 0.474. The van der Waals surface area contributed by atoms with Crippen LogP contribution in [0.2, 0.25) is 0 Å². The summed E-state index contributed by atoms with van der Waals surface area (Å²) in [4.78, 5) is 2.30. The molecule has 2 rings (SSSR count). The number of epoxide rings is 1. The third-order valence-corrected chi connectivity index (χ3v) is 3.15. The van der Waals surface area contributed by atoms with Crippen LogP contribution >= 0.6 is 0 Å². The van der Waals surface area contributed by atoms with Crippen LogP contribution in [0.15, 0.2) is 0 Å². The van der Waals surface area contributed by atoms with Crippen LogP contribution in [0.3, 0.4) is 0 Å². The lowest BCUT2D eigenvalue weighted by molar-refractivity contribution is 0.0634. The summed E-state index contributed by atoms with van der Waals surface area (Å²) in [5, 5.41) is 3.35. The molecule has 12 heavy (non-hydrogen) atoms. The molecule has 2 aliphatic heterocycles. The van der Waals surface area contributed by atoms with Gasteiger partial charge in [-0.3, -0.25) is 4.90 Å². The van der Waals surface area contributed by atoms with Crippen molar-refractivity contribution in [3.8, 4) is 0 Å². The van der Waals surface area contributed by atoms with E-state index < -0.39 is 0 Å². The van der Waals surface area contributed by atoms with Gasteiger partial charge in [0, 0.05) is 5.92 Å². The Hall–Kier alpha value is -0.120. The van der Waals surface area contributed by atoms with Crippen LogP contribution in [-0.2, 0) is 4.74 Å². The highest BCUT2D eigenvalue weighted by Crippen LogP contribution is 2.45. The molecule has 3 heteroatoms. The van der Waals surface area contributed by atoms with Gasteiger partial charge in [0.2, 0.25) is 0 Å². The lowest BCUT2D eigenvalue weighted by Crippen LogP contribution is -2.45. The molecule has 0 aromatic heterocycles. The van der Waals surface area contributed by atoms with Crippen molar-refractivity contribution in [2.24, 2.45) is 11.8 Å². The Bertz CT molecular complexity index is 183. The number of ether oxygens (including phenoxy) is 1. The Morgan fingerprint density at radius 2 is 2.08 bits per heavy atom. The largest absolute Gasteiger partial charge is 0.353 e. The minimum atomic E-state index is 0.398. The quantitative estimate of drug-likeness (QED) is 0.611. The summed E-state index contributed by atoms with van der Waals surface area (Å²) in [6, 6.07) is 0. The van der Waals surface area contributed by atoms with Crippen molar-refractivity contribution >= 4 is 0 Å². The van der Waals surface area contributed by atoms with Crippen molar-refractivity contribution in [3.63, 3.8) is 0 Å². The van der Waals surface area contributed by atoms with Crippen molar-refractivity contribution in [1.82, 2.24) is 10.2 Å². The molecule has 2 fully saturated rings. The van der Waals surface area contributed by atoms with Crippen molar-refractivity contribution < 1.29 is 4.74 Å². The minimum absolute atomic E-state index is 0.398. The van der Waals surface area contributed by atoms with Gasteiger partial charge in [-0.1, -0.05) is 13.8 Å². The Balaban J connectivity index is 2.11. The molecule has 3 nitrogen and oxygen atoms in total. The second kappa shape index (κ2) is 2.69. The van der Waals surface area contributed by atoms with E-state index in [1.54, 1.807) is 0 Å². The van der Waals surface area contributed by atoms with Crippen LogP contribution in [0.5, 0.6) is 0 Å². The standard InChI is InChI=1S/C9H18N2O/c1-5(2)6-7-9(12-7)11(4)8(6)10-3/h5-10H,1-4H3/t6?,7?,8?,9-/m1/s1. The first-order valence-corrected chi connectivity index (χ1v) is 4.71. The molecule has 70 valence electrons. The van der Waals surface area contributed by atoms with Gasteiger partial charge < -0.3 is 10.1 Å². The summed E-state index contributed by atoms with van der Waals surface area (Å²) in [6.45, 7) is 4.54. The van der Waals surface area contributed by atoms with Crippen molar-refractivity contribution in [1.29, 1.82) is 0 Å². The summed E-state index contributed by atoms with van der Waals surface area (Å²) in [6.07, 6.45) is 1.40. The average molecular weight is 170 g/mol. The number of rotatable bonds is 2. The number of nitrogens with one attached hydrogen (secondary N) is 1. The molecule has 0 aliphatic carbocycles. The third kappa shape index (κ3) is 1.00. The maximum absolute atomic E-state index is 5.56. The smallest absolute Gasteiger partial charge is 0.139 e. The van der Waals surface area contributed by atoms with Crippen molar-refractivity contribution in [2.45, 2.75) is 32.3 Å². The van der Waals surface area contributed by atoms with E-state index >= 15 is 0 Å². The fourth-order valence-corrected chi connectivity index (χ4v) is 2.47. The highest BCUT2D eigenvalue weighted by Gasteiger charge is 2.59. The first-order valence-electron chi connectivity index (χ1n) is 4.71. The van der Waals surface area contributed by atoms with Gasteiger partial charge in [0.15, 0.2) is 0 Å². The molecular formula is C9H18N2O. The summed E-state index contributed by atoms with van der Waals surface area (Å²) in [5.74, 6) is 1.35. The van der Waals surface area contributed by atoms with E-state index in [1.165, 1.54) is 0 Å². The number of fused-ring (bicyclic) bond motifs is 1. The lowest BCUT2D eigenvalue weighted by atomic mass is 9.92. The van der Waals surface area contributed by atoms with Gasteiger partial charge >= 0.3 is 0 Å². The van der Waals surface area contributed by atoms with E-state index in [2.05, 4.69) is 31.1 Å². The zero-order valence-corrected chi connectivity index (χ0v) is 8.24. The monoisotopic (exact) mass is 170 g/mol. The molecular weight excluding hydrogens is 152 g/mol. The van der Waals surface area contributed by atoms with Crippen LogP contribution in [0.25, 0.3) is 0 Å². The van der Waals surface area contributed by atoms with Gasteiger partial charge in [0.05, 0.1) is 6.17 Å². The van der Waals surface area contributed by atoms with E-state index in [-0.39, 0.29) is 0 Å². The Morgan fingerprint density at radius 3 is 2.50 bits per heavy atom. The summed E-state index contributed by atoms with van der Waals surface area (Å²) >= 11 is 0. The Morgan fingerprint density at radius 1 is 1.42 bits per heavy atom. The molecule has 4 atom stereocenters. The molecule has 0 amide bonds. The van der Waals surface area contributed by atoms with Gasteiger partial charge in [-0.15, -0.1) is 0 Å². The number of hydrogen-bond acceptors (Lipinski definition) is 3. The summed E-state index contributed by atoms with van der Waals surface area (Å²) < 4.78 is 5.56. The summed E-state index contributed by atoms with van der Waals surface area (Å²) in [5.41, 5.74) is 0. The fourth-order valence-electron chi connectivity index (χ4n) is 2.47. The molecule has 0 aromatic carbocycles. The molecule has 0 radical (unpaired) electrons. The summed E-state index contributed by atoms with van der Waals surface area (Å²) in [7, 11) is 4.16. The highest BCUT2D eigenvalue weighted by molar-refractivity contribution is 5.03. The molecule has 0 aromatic rings. The lowest BCUT2D eigenvalue weighted by Gasteiger charge is -2.29. The molecule has 0 bridgehead atoms. The molecule has 3 unspecified atom stereocenters. The molecule has 0 saturated carbocycles. The van der Waals surface area contributed by atoms with Gasteiger partial charge in [0.1, 0.15) is 12.3 Å². The highest BCUT2D eigenvalue weighted by atomic mass is 16.6. The average Bonchev–Trinajstić information content (AvgIpc) is 2.72. The number of likely N-dealkylation sites (N-methyl/N-ethyl adjacent to an activating group) is 1. The van der Waals surface area contributed by atoms with Gasteiger partial charge in [0.25, 0.3) is 0 Å². The maximum Gasteiger partial charge on any atom is 0.139 e. The van der Waals surface area contributed by atoms with Crippen LogP contribution in [0.1, 0.15) is 13.8 Å². The van der Waals surface area contributed by atoms with Gasteiger partial charge in [-0.25, -0.2) is 0 Å².